The van der Waals surface area contributed by atoms with Crippen molar-refractivity contribution in [1.82, 2.24) is 9.97 Å². The standard InChI is InChI=1S/C14H16FN3O/c1-4-11-17-12(16-3)8-13(18-11)19-10-7-5-6-9(2)14(10)15/h5-8H,4H2,1-3H3,(H,16,17,18). The molecule has 19 heavy (non-hydrogen) atoms. The molecule has 0 saturated carbocycles. The highest BCUT2D eigenvalue weighted by Gasteiger charge is 2.09. The van der Waals surface area contributed by atoms with Gasteiger partial charge in [-0.15, -0.1) is 0 Å². The second-order valence-corrected chi connectivity index (χ2v) is 4.10. The Morgan fingerprint density at radius 2 is 2.11 bits per heavy atom. The van der Waals surface area contributed by atoms with E-state index >= 15 is 0 Å². The second-order valence-electron chi connectivity index (χ2n) is 4.10. The molecule has 0 radical (unpaired) electrons. The topological polar surface area (TPSA) is 47.0 Å². The first-order chi connectivity index (χ1) is 9.13. The maximum Gasteiger partial charge on any atom is 0.224 e. The lowest BCUT2D eigenvalue weighted by Crippen LogP contribution is -2.01. The van der Waals surface area contributed by atoms with Crippen molar-refractivity contribution in [3.63, 3.8) is 0 Å². The molecule has 1 N–H and O–H groups in total. The molecule has 1 aromatic carbocycles. The number of nitrogens with zero attached hydrogens (tertiary/aromatic N) is 2. The number of rotatable bonds is 4. The number of halogens is 1. The van der Waals surface area contributed by atoms with Crippen LogP contribution < -0.4 is 10.1 Å². The fraction of sp³-hybridized carbons (Fsp3) is 0.286. The van der Waals surface area contributed by atoms with E-state index in [1.165, 1.54) is 0 Å². The van der Waals surface area contributed by atoms with Crippen molar-refractivity contribution in [2.45, 2.75) is 20.3 Å². The van der Waals surface area contributed by atoms with E-state index in [1.807, 2.05) is 6.92 Å². The van der Waals surface area contributed by atoms with E-state index in [0.29, 0.717) is 29.5 Å². The fourth-order valence-electron chi connectivity index (χ4n) is 1.62. The summed E-state index contributed by atoms with van der Waals surface area (Å²) in [4.78, 5) is 8.48. The SMILES string of the molecule is CCc1nc(NC)cc(Oc2cccc(C)c2F)n1. The summed E-state index contributed by atoms with van der Waals surface area (Å²) in [6.45, 7) is 3.64. The smallest absolute Gasteiger partial charge is 0.224 e. The molecule has 0 aliphatic carbocycles. The Bertz CT molecular complexity index is 565. The molecule has 0 amide bonds. The molecule has 0 atom stereocenters. The minimum Gasteiger partial charge on any atom is -0.436 e. The number of benzene rings is 1. The summed E-state index contributed by atoms with van der Waals surface area (Å²) in [5.74, 6) is 1.43. The number of hydrogen-bond acceptors (Lipinski definition) is 4. The summed E-state index contributed by atoms with van der Waals surface area (Å²) in [6.07, 6.45) is 0.683. The van der Waals surface area contributed by atoms with Gasteiger partial charge in [-0.25, -0.2) is 9.37 Å². The van der Waals surface area contributed by atoms with Gasteiger partial charge in [0.1, 0.15) is 11.6 Å². The Hall–Kier alpha value is -2.17. The van der Waals surface area contributed by atoms with Gasteiger partial charge in [-0.1, -0.05) is 19.1 Å². The van der Waals surface area contributed by atoms with E-state index in [0.717, 1.165) is 0 Å². The maximum atomic E-state index is 13.9. The molecule has 1 heterocycles. The number of aryl methyl sites for hydroxylation is 2. The molecule has 0 spiro atoms. The van der Waals surface area contributed by atoms with Crippen molar-refractivity contribution in [3.05, 3.63) is 41.5 Å². The van der Waals surface area contributed by atoms with Gasteiger partial charge < -0.3 is 10.1 Å². The first kappa shape index (κ1) is 13.3. The van der Waals surface area contributed by atoms with Crippen LogP contribution in [0.25, 0.3) is 0 Å². The van der Waals surface area contributed by atoms with Crippen LogP contribution in [0.5, 0.6) is 11.6 Å². The summed E-state index contributed by atoms with van der Waals surface area (Å²) < 4.78 is 19.4. The second kappa shape index (κ2) is 5.65. The van der Waals surface area contributed by atoms with Gasteiger partial charge in [0, 0.05) is 19.5 Å². The van der Waals surface area contributed by atoms with Gasteiger partial charge in [0.25, 0.3) is 0 Å². The predicted molar refractivity (Wildman–Crippen MR) is 72.2 cm³/mol. The van der Waals surface area contributed by atoms with Crippen molar-refractivity contribution in [1.29, 1.82) is 0 Å². The van der Waals surface area contributed by atoms with Crippen molar-refractivity contribution in [2.24, 2.45) is 0 Å². The summed E-state index contributed by atoms with van der Waals surface area (Å²) >= 11 is 0. The molecule has 0 bridgehead atoms. The largest absolute Gasteiger partial charge is 0.436 e. The summed E-state index contributed by atoms with van der Waals surface area (Å²) in [5, 5.41) is 2.93. The number of hydrogen-bond donors (Lipinski definition) is 1. The average Bonchev–Trinajstić information content (AvgIpc) is 2.43. The third-order valence-electron chi connectivity index (χ3n) is 2.69. The highest BCUT2D eigenvalue weighted by atomic mass is 19.1. The number of nitrogens with one attached hydrogen (secondary N) is 1. The van der Waals surface area contributed by atoms with Crippen molar-refractivity contribution < 1.29 is 9.13 Å². The van der Waals surface area contributed by atoms with Gasteiger partial charge in [0.15, 0.2) is 11.6 Å². The zero-order valence-corrected chi connectivity index (χ0v) is 11.2. The Kier molecular flexibility index (Phi) is 3.94. The Morgan fingerprint density at radius 1 is 1.32 bits per heavy atom. The number of ether oxygens (including phenoxy) is 1. The van der Waals surface area contributed by atoms with E-state index in [4.69, 9.17) is 4.74 Å². The summed E-state index contributed by atoms with van der Waals surface area (Å²) in [5.41, 5.74) is 0.538. The Balaban J connectivity index is 2.34. The first-order valence-corrected chi connectivity index (χ1v) is 6.12. The van der Waals surface area contributed by atoms with Crippen molar-refractivity contribution >= 4 is 5.82 Å². The highest BCUT2D eigenvalue weighted by molar-refractivity contribution is 5.40. The van der Waals surface area contributed by atoms with Gasteiger partial charge >= 0.3 is 0 Å². The molecule has 0 saturated heterocycles. The van der Waals surface area contributed by atoms with Crippen LogP contribution in [-0.2, 0) is 6.42 Å². The predicted octanol–water partition coefficient (Wildman–Crippen LogP) is 3.32. The normalized spacial score (nSPS) is 10.3. The van der Waals surface area contributed by atoms with E-state index in [-0.39, 0.29) is 11.6 Å². The van der Waals surface area contributed by atoms with Gasteiger partial charge in [0.2, 0.25) is 5.88 Å². The van der Waals surface area contributed by atoms with Gasteiger partial charge in [-0.2, -0.15) is 4.98 Å². The lowest BCUT2D eigenvalue weighted by Gasteiger charge is -2.09. The first-order valence-electron chi connectivity index (χ1n) is 6.12. The van der Waals surface area contributed by atoms with E-state index < -0.39 is 0 Å². The van der Waals surface area contributed by atoms with Crippen molar-refractivity contribution in [2.75, 3.05) is 12.4 Å². The van der Waals surface area contributed by atoms with Crippen LogP contribution in [0.1, 0.15) is 18.3 Å². The molecule has 2 rings (SSSR count). The molecule has 100 valence electrons. The monoisotopic (exact) mass is 261 g/mol. The quantitative estimate of drug-likeness (QED) is 0.917. The minimum atomic E-state index is -0.370. The third kappa shape index (κ3) is 2.99. The lowest BCUT2D eigenvalue weighted by atomic mass is 10.2. The summed E-state index contributed by atoms with van der Waals surface area (Å²) in [6, 6.07) is 6.66. The van der Waals surface area contributed by atoms with Crippen LogP contribution in [0.3, 0.4) is 0 Å². The number of anilines is 1. The molecule has 0 aliphatic rings. The zero-order chi connectivity index (χ0) is 13.8. The number of aromatic nitrogens is 2. The molecule has 2 aromatic rings. The zero-order valence-electron chi connectivity index (χ0n) is 11.2. The van der Waals surface area contributed by atoms with Crippen LogP contribution in [0.2, 0.25) is 0 Å². The molecular formula is C14H16FN3O. The van der Waals surface area contributed by atoms with E-state index in [2.05, 4.69) is 15.3 Å². The Labute approximate surface area is 111 Å². The van der Waals surface area contributed by atoms with Gasteiger partial charge in [0.05, 0.1) is 0 Å². The van der Waals surface area contributed by atoms with Crippen LogP contribution >= 0.6 is 0 Å². The maximum absolute atomic E-state index is 13.9. The average molecular weight is 261 g/mol. The van der Waals surface area contributed by atoms with Gasteiger partial charge in [-0.3, -0.25) is 0 Å². The van der Waals surface area contributed by atoms with Crippen LogP contribution in [0.4, 0.5) is 10.2 Å². The van der Waals surface area contributed by atoms with E-state index in [1.54, 1.807) is 38.2 Å². The van der Waals surface area contributed by atoms with Crippen LogP contribution in [-0.4, -0.2) is 17.0 Å². The fourth-order valence-corrected chi connectivity index (χ4v) is 1.62. The summed E-state index contributed by atoms with van der Waals surface area (Å²) in [7, 11) is 1.76. The third-order valence-corrected chi connectivity index (χ3v) is 2.69. The van der Waals surface area contributed by atoms with Crippen LogP contribution in [0, 0.1) is 12.7 Å². The minimum absolute atomic E-state index is 0.169. The van der Waals surface area contributed by atoms with Crippen molar-refractivity contribution in [3.8, 4) is 11.6 Å². The lowest BCUT2D eigenvalue weighted by molar-refractivity contribution is 0.423. The molecule has 4 nitrogen and oxygen atoms in total. The molecular weight excluding hydrogens is 245 g/mol. The molecule has 0 aliphatic heterocycles. The van der Waals surface area contributed by atoms with E-state index in [9.17, 15) is 4.39 Å². The molecule has 0 unspecified atom stereocenters. The molecule has 0 fully saturated rings. The highest BCUT2D eigenvalue weighted by Crippen LogP contribution is 2.26. The Morgan fingerprint density at radius 3 is 2.79 bits per heavy atom. The van der Waals surface area contributed by atoms with Gasteiger partial charge in [-0.05, 0) is 18.6 Å². The molecule has 5 heteroatoms. The van der Waals surface area contributed by atoms with Crippen LogP contribution in [0.15, 0.2) is 24.3 Å². The molecule has 1 aromatic heterocycles.